The molecule has 1 atom stereocenters. The summed E-state index contributed by atoms with van der Waals surface area (Å²) in [6.45, 7) is 2.60. The maximum Gasteiger partial charge on any atom is 0.220 e. The van der Waals surface area contributed by atoms with Gasteiger partial charge in [0.2, 0.25) is 5.91 Å². The molecule has 0 aromatic carbocycles. The van der Waals surface area contributed by atoms with Crippen molar-refractivity contribution in [1.29, 1.82) is 0 Å². The van der Waals surface area contributed by atoms with Gasteiger partial charge in [-0.25, -0.2) is 0 Å². The molecule has 1 fully saturated rings. The minimum atomic E-state index is -0.191. The SMILES string of the molecule is CC(CN)(NC(=O)CCCc1ccc(Br)s1)C1CC1.Cl. The van der Waals surface area contributed by atoms with Crippen LogP contribution in [0.15, 0.2) is 15.9 Å². The molecule has 0 bridgehead atoms. The largest absolute Gasteiger partial charge is 0.349 e. The highest BCUT2D eigenvalue weighted by Gasteiger charge is 2.41. The Morgan fingerprint density at radius 2 is 2.25 bits per heavy atom. The zero-order chi connectivity index (χ0) is 13.9. The Bertz CT molecular complexity index is 450. The third kappa shape index (κ3) is 5.02. The highest BCUT2D eigenvalue weighted by molar-refractivity contribution is 9.11. The van der Waals surface area contributed by atoms with Gasteiger partial charge >= 0.3 is 0 Å². The second kappa shape index (κ2) is 7.78. The van der Waals surface area contributed by atoms with Gasteiger partial charge in [0, 0.05) is 17.8 Å². The van der Waals surface area contributed by atoms with E-state index in [2.05, 4.69) is 40.3 Å². The van der Waals surface area contributed by atoms with Crippen LogP contribution in [0.2, 0.25) is 0 Å². The minimum Gasteiger partial charge on any atom is -0.349 e. The predicted octanol–water partition coefficient (Wildman–Crippen LogP) is 3.50. The van der Waals surface area contributed by atoms with E-state index in [1.165, 1.54) is 17.7 Å². The van der Waals surface area contributed by atoms with Crippen molar-refractivity contribution in [3.05, 3.63) is 20.8 Å². The third-order valence-electron chi connectivity index (χ3n) is 3.78. The molecule has 6 heteroatoms. The Labute approximate surface area is 139 Å². The van der Waals surface area contributed by atoms with Gasteiger partial charge in [0.15, 0.2) is 0 Å². The van der Waals surface area contributed by atoms with Crippen molar-refractivity contribution in [1.82, 2.24) is 5.32 Å². The van der Waals surface area contributed by atoms with E-state index in [-0.39, 0.29) is 23.9 Å². The minimum absolute atomic E-state index is 0. The molecule has 0 radical (unpaired) electrons. The van der Waals surface area contributed by atoms with Crippen LogP contribution < -0.4 is 11.1 Å². The topological polar surface area (TPSA) is 55.1 Å². The number of nitrogens with two attached hydrogens (primary N) is 1. The van der Waals surface area contributed by atoms with Crippen molar-refractivity contribution >= 4 is 45.6 Å². The Balaban J connectivity index is 0.00000200. The zero-order valence-corrected chi connectivity index (χ0v) is 14.9. The van der Waals surface area contributed by atoms with Crippen LogP contribution >= 0.6 is 39.7 Å². The zero-order valence-electron chi connectivity index (χ0n) is 11.7. The number of nitrogens with one attached hydrogen (secondary N) is 1. The smallest absolute Gasteiger partial charge is 0.220 e. The highest BCUT2D eigenvalue weighted by Crippen LogP contribution is 2.39. The lowest BCUT2D eigenvalue weighted by Crippen LogP contribution is -2.53. The van der Waals surface area contributed by atoms with Crippen LogP contribution in [-0.2, 0) is 11.2 Å². The van der Waals surface area contributed by atoms with Gasteiger partial charge in [-0.05, 0) is 66.6 Å². The number of aryl methyl sites for hydroxylation is 1. The number of carbonyl (C=O) groups is 1. The monoisotopic (exact) mass is 380 g/mol. The highest BCUT2D eigenvalue weighted by atomic mass is 79.9. The van der Waals surface area contributed by atoms with Crippen LogP contribution in [0.5, 0.6) is 0 Å². The van der Waals surface area contributed by atoms with Gasteiger partial charge < -0.3 is 11.1 Å². The van der Waals surface area contributed by atoms with E-state index in [0.717, 1.165) is 16.6 Å². The fraction of sp³-hybridized carbons (Fsp3) is 0.643. The van der Waals surface area contributed by atoms with E-state index in [1.54, 1.807) is 11.3 Å². The van der Waals surface area contributed by atoms with Gasteiger partial charge in [0.25, 0.3) is 0 Å². The number of rotatable bonds is 7. The molecule has 20 heavy (non-hydrogen) atoms. The van der Waals surface area contributed by atoms with E-state index in [9.17, 15) is 4.79 Å². The number of carbonyl (C=O) groups excluding carboxylic acids is 1. The summed E-state index contributed by atoms with van der Waals surface area (Å²) >= 11 is 5.19. The van der Waals surface area contributed by atoms with E-state index in [0.29, 0.717) is 18.9 Å². The van der Waals surface area contributed by atoms with Crippen LogP contribution in [0.25, 0.3) is 0 Å². The van der Waals surface area contributed by atoms with E-state index >= 15 is 0 Å². The van der Waals surface area contributed by atoms with Gasteiger partial charge in [-0.3, -0.25) is 4.79 Å². The predicted molar refractivity (Wildman–Crippen MR) is 90.5 cm³/mol. The second-order valence-corrected chi connectivity index (χ2v) is 8.05. The summed E-state index contributed by atoms with van der Waals surface area (Å²) in [5.41, 5.74) is 5.61. The van der Waals surface area contributed by atoms with Crippen LogP contribution in [0, 0.1) is 5.92 Å². The Morgan fingerprint density at radius 3 is 2.75 bits per heavy atom. The Morgan fingerprint density at radius 1 is 1.55 bits per heavy atom. The first-order valence-corrected chi connectivity index (χ1v) is 8.40. The van der Waals surface area contributed by atoms with Crippen molar-refractivity contribution in [2.45, 2.75) is 44.6 Å². The van der Waals surface area contributed by atoms with Gasteiger partial charge in [-0.2, -0.15) is 0 Å². The molecule has 1 aliphatic rings. The summed E-state index contributed by atoms with van der Waals surface area (Å²) in [4.78, 5) is 13.3. The number of hydrogen-bond donors (Lipinski definition) is 2. The van der Waals surface area contributed by atoms with E-state index in [1.807, 2.05) is 0 Å². The second-order valence-electron chi connectivity index (χ2n) is 5.50. The maximum atomic E-state index is 12.0. The summed E-state index contributed by atoms with van der Waals surface area (Å²) in [6, 6.07) is 4.17. The van der Waals surface area contributed by atoms with Crippen LogP contribution in [0.3, 0.4) is 0 Å². The average molecular weight is 382 g/mol. The normalized spacial score (nSPS) is 17.1. The van der Waals surface area contributed by atoms with Crippen LogP contribution in [-0.4, -0.2) is 18.0 Å². The summed E-state index contributed by atoms with van der Waals surface area (Å²) < 4.78 is 1.15. The molecule has 0 aliphatic heterocycles. The molecular formula is C14H22BrClN2OS. The lowest BCUT2D eigenvalue weighted by Gasteiger charge is -2.29. The summed E-state index contributed by atoms with van der Waals surface area (Å²) in [6.07, 6.45) is 4.82. The first-order chi connectivity index (χ1) is 9.03. The lowest BCUT2D eigenvalue weighted by atomic mass is 9.95. The van der Waals surface area contributed by atoms with Crippen molar-refractivity contribution in [2.75, 3.05) is 6.54 Å². The number of halogens is 2. The van der Waals surface area contributed by atoms with Crippen molar-refractivity contribution in [3.8, 4) is 0 Å². The molecule has 1 unspecified atom stereocenters. The number of amides is 1. The average Bonchev–Trinajstić information content (AvgIpc) is 3.14. The molecule has 3 nitrogen and oxygen atoms in total. The van der Waals surface area contributed by atoms with Gasteiger partial charge in [0.1, 0.15) is 0 Å². The molecule has 1 aliphatic carbocycles. The van der Waals surface area contributed by atoms with Gasteiger partial charge in [-0.15, -0.1) is 23.7 Å². The molecule has 0 saturated heterocycles. The standard InChI is InChI=1S/C14H21BrN2OS.ClH/c1-14(9-16,10-5-6-10)17-13(18)4-2-3-11-7-8-12(15)19-11;/h7-8,10H,2-6,9,16H2,1H3,(H,17,18);1H. The first kappa shape index (κ1) is 18.0. The Hall–Kier alpha value is -0.100. The van der Waals surface area contributed by atoms with Gasteiger partial charge in [0.05, 0.1) is 9.33 Å². The molecule has 114 valence electrons. The molecule has 1 aromatic heterocycles. The number of hydrogen-bond acceptors (Lipinski definition) is 3. The fourth-order valence-electron chi connectivity index (χ4n) is 2.33. The molecular weight excluding hydrogens is 360 g/mol. The molecule has 3 N–H and O–H groups in total. The van der Waals surface area contributed by atoms with Crippen LogP contribution in [0.4, 0.5) is 0 Å². The third-order valence-corrected chi connectivity index (χ3v) is 5.47. The maximum absolute atomic E-state index is 12.0. The molecule has 0 spiro atoms. The van der Waals surface area contributed by atoms with Crippen molar-refractivity contribution < 1.29 is 4.79 Å². The molecule has 1 amide bonds. The summed E-state index contributed by atoms with van der Waals surface area (Å²) in [5.74, 6) is 0.713. The summed E-state index contributed by atoms with van der Waals surface area (Å²) in [5, 5.41) is 3.13. The molecule has 1 saturated carbocycles. The van der Waals surface area contributed by atoms with Gasteiger partial charge in [-0.1, -0.05) is 0 Å². The summed E-state index contributed by atoms with van der Waals surface area (Å²) in [7, 11) is 0. The molecule has 1 heterocycles. The number of thiophene rings is 1. The Kier molecular flexibility index (Phi) is 6.98. The van der Waals surface area contributed by atoms with E-state index < -0.39 is 0 Å². The van der Waals surface area contributed by atoms with Crippen molar-refractivity contribution in [2.24, 2.45) is 11.7 Å². The van der Waals surface area contributed by atoms with Crippen LogP contribution in [0.1, 0.15) is 37.5 Å². The van der Waals surface area contributed by atoms with Crippen molar-refractivity contribution in [3.63, 3.8) is 0 Å². The lowest BCUT2D eigenvalue weighted by molar-refractivity contribution is -0.123. The fourth-order valence-corrected chi connectivity index (χ4v) is 3.86. The first-order valence-electron chi connectivity index (χ1n) is 6.79. The molecule has 1 aromatic rings. The van der Waals surface area contributed by atoms with E-state index in [4.69, 9.17) is 5.73 Å². The molecule has 2 rings (SSSR count). The quantitative estimate of drug-likeness (QED) is 0.759.